The zero-order valence-electron chi connectivity index (χ0n) is 15.0. The Hall–Kier alpha value is -1.61. The second kappa shape index (κ2) is 7.98. The first kappa shape index (κ1) is 17.2. The molecule has 3 heteroatoms. The molecule has 0 saturated carbocycles. The summed E-state index contributed by atoms with van der Waals surface area (Å²) in [5.74, 6) is 0. The van der Waals surface area contributed by atoms with Crippen molar-refractivity contribution in [3.63, 3.8) is 0 Å². The Labute approximate surface area is 150 Å². The quantitative estimate of drug-likeness (QED) is 0.656. The highest BCUT2D eigenvalue weighted by atomic mass is 32.1. The molecule has 0 unspecified atom stereocenters. The number of rotatable bonds is 7. The maximum absolute atomic E-state index is 4.86. The second-order valence-corrected chi connectivity index (χ2v) is 7.78. The van der Waals surface area contributed by atoms with E-state index in [1.807, 2.05) is 11.3 Å². The highest BCUT2D eigenvalue weighted by Gasteiger charge is 2.18. The van der Waals surface area contributed by atoms with Gasteiger partial charge in [0.05, 0.1) is 5.69 Å². The van der Waals surface area contributed by atoms with E-state index in [1.54, 1.807) is 0 Å². The van der Waals surface area contributed by atoms with Crippen molar-refractivity contribution in [2.24, 2.45) is 0 Å². The third-order valence-corrected chi connectivity index (χ3v) is 6.15. The van der Waals surface area contributed by atoms with Gasteiger partial charge in [0.25, 0.3) is 0 Å². The van der Waals surface area contributed by atoms with Crippen LogP contribution in [0.1, 0.15) is 54.3 Å². The first-order valence-electron chi connectivity index (χ1n) is 9.16. The topological polar surface area (TPSA) is 16.1 Å². The first-order chi connectivity index (χ1) is 11.7. The minimum Gasteiger partial charge on any atom is -0.325 e. The molecule has 0 bridgehead atoms. The number of fused-ring (bicyclic) bond motifs is 1. The molecule has 0 aliphatic heterocycles. The van der Waals surface area contributed by atoms with Gasteiger partial charge in [-0.3, -0.25) is 0 Å². The monoisotopic (exact) mass is 340 g/mol. The average Bonchev–Trinajstić information content (AvgIpc) is 3.04. The van der Waals surface area contributed by atoms with E-state index in [-0.39, 0.29) is 0 Å². The molecule has 0 amide bonds. The molecule has 24 heavy (non-hydrogen) atoms. The molecule has 1 aromatic heterocycles. The summed E-state index contributed by atoms with van der Waals surface area (Å²) in [4.78, 5) is 8.55. The molecule has 1 aliphatic carbocycles. The Morgan fingerprint density at radius 3 is 2.58 bits per heavy atom. The van der Waals surface area contributed by atoms with E-state index in [9.17, 15) is 0 Å². The van der Waals surface area contributed by atoms with E-state index in [0.29, 0.717) is 0 Å². The summed E-state index contributed by atoms with van der Waals surface area (Å²) in [7, 11) is 2.12. The number of nitrogens with zero attached hydrogens (tertiary/aromatic N) is 2. The lowest BCUT2D eigenvalue weighted by Gasteiger charge is -2.19. The van der Waals surface area contributed by atoms with Gasteiger partial charge in [0, 0.05) is 17.6 Å². The lowest BCUT2D eigenvalue weighted by molar-refractivity contribution is 0.682. The second-order valence-electron chi connectivity index (χ2n) is 6.72. The number of aromatic nitrogens is 1. The van der Waals surface area contributed by atoms with E-state index < -0.39 is 0 Å². The van der Waals surface area contributed by atoms with Crippen LogP contribution in [-0.2, 0) is 25.7 Å². The summed E-state index contributed by atoms with van der Waals surface area (Å²) >= 11 is 1.86. The van der Waals surface area contributed by atoms with E-state index in [1.165, 1.54) is 47.4 Å². The number of benzene rings is 1. The maximum Gasteiger partial charge on any atom is 0.189 e. The summed E-state index contributed by atoms with van der Waals surface area (Å²) in [6.45, 7) is 6.56. The van der Waals surface area contributed by atoms with Crippen molar-refractivity contribution in [3.8, 4) is 0 Å². The fraction of sp³-hybridized carbons (Fsp3) is 0.476. The number of hydrogen-bond donors (Lipinski definition) is 0. The van der Waals surface area contributed by atoms with Crippen LogP contribution in [0.3, 0.4) is 0 Å². The SMILES string of the molecule is C=C(CCc1ccccc1CCC)N(C)c1nc2c(s1)CCCC2. The normalized spacial score (nSPS) is 13.6. The molecule has 0 fully saturated rings. The minimum absolute atomic E-state index is 0.988. The van der Waals surface area contributed by atoms with Gasteiger partial charge in [0.2, 0.25) is 0 Å². The summed E-state index contributed by atoms with van der Waals surface area (Å²) in [6.07, 6.45) is 9.36. The molecule has 0 spiro atoms. The molecule has 2 aromatic rings. The fourth-order valence-electron chi connectivity index (χ4n) is 3.38. The summed E-state index contributed by atoms with van der Waals surface area (Å²) in [5, 5.41) is 1.12. The van der Waals surface area contributed by atoms with Crippen molar-refractivity contribution in [3.05, 3.63) is 58.2 Å². The highest BCUT2D eigenvalue weighted by molar-refractivity contribution is 7.15. The van der Waals surface area contributed by atoms with E-state index in [2.05, 4.69) is 49.7 Å². The van der Waals surface area contributed by atoms with Gasteiger partial charge in [-0.15, -0.1) is 11.3 Å². The van der Waals surface area contributed by atoms with E-state index in [0.717, 1.165) is 36.5 Å². The minimum atomic E-state index is 0.988. The van der Waals surface area contributed by atoms with Crippen LogP contribution in [0.2, 0.25) is 0 Å². The molecular weight excluding hydrogens is 312 g/mol. The van der Waals surface area contributed by atoms with Crippen molar-refractivity contribution < 1.29 is 0 Å². The summed E-state index contributed by atoms with van der Waals surface area (Å²) < 4.78 is 0. The van der Waals surface area contributed by atoms with Crippen LogP contribution < -0.4 is 4.90 Å². The summed E-state index contributed by atoms with van der Waals surface area (Å²) in [5.41, 5.74) is 5.44. The van der Waals surface area contributed by atoms with Gasteiger partial charge in [0.15, 0.2) is 5.13 Å². The van der Waals surface area contributed by atoms with Crippen LogP contribution in [0.25, 0.3) is 0 Å². The molecular formula is C21H28N2S. The number of hydrogen-bond acceptors (Lipinski definition) is 3. The van der Waals surface area contributed by atoms with Crippen LogP contribution in [-0.4, -0.2) is 12.0 Å². The smallest absolute Gasteiger partial charge is 0.189 e. The van der Waals surface area contributed by atoms with E-state index >= 15 is 0 Å². The standard InChI is InChI=1S/C21H28N2S/c1-4-9-17-10-5-6-11-18(17)15-14-16(2)23(3)21-22-19-12-7-8-13-20(19)24-21/h5-6,10-11H,2,4,7-9,12-15H2,1,3H3. The Bertz CT molecular complexity index is 678. The van der Waals surface area contributed by atoms with Crippen LogP contribution in [0.15, 0.2) is 36.5 Å². The zero-order chi connectivity index (χ0) is 16.9. The molecule has 0 saturated heterocycles. The number of thiazole rings is 1. The highest BCUT2D eigenvalue weighted by Crippen LogP contribution is 2.33. The Morgan fingerprint density at radius 1 is 1.17 bits per heavy atom. The first-order valence-corrected chi connectivity index (χ1v) is 9.97. The Kier molecular flexibility index (Phi) is 5.72. The number of allylic oxidation sites excluding steroid dienone is 1. The average molecular weight is 341 g/mol. The van der Waals surface area contributed by atoms with Crippen molar-refractivity contribution in [1.29, 1.82) is 0 Å². The van der Waals surface area contributed by atoms with Gasteiger partial charge in [0.1, 0.15) is 0 Å². The summed E-state index contributed by atoms with van der Waals surface area (Å²) in [6, 6.07) is 8.83. The zero-order valence-corrected chi connectivity index (χ0v) is 15.8. The lowest BCUT2D eigenvalue weighted by atomic mass is 9.99. The molecule has 1 heterocycles. The maximum atomic E-state index is 4.86. The fourth-order valence-corrected chi connectivity index (χ4v) is 4.53. The molecule has 0 N–H and O–H groups in total. The molecule has 0 atom stereocenters. The van der Waals surface area contributed by atoms with Crippen LogP contribution in [0.5, 0.6) is 0 Å². The van der Waals surface area contributed by atoms with Gasteiger partial charge in [-0.05, 0) is 56.1 Å². The van der Waals surface area contributed by atoms with Gasteiger partial charge in [-0.2, -0.15) is 0 Å². The lowest BCUT2D eigenvalue weighted by Crippen LogP contribution is -2.16. The molecule has 2 nitrogen and oxygen atoms in total. The van der Waals surface area contributed by atoms with Crippen LogP contribution in [0.4, 0.5) is 5.13 Å². The molecule has 0 radical (unpaired) electrons. The van der Waals surface area contributed by atoms with Crippen molar-refractivity contribution in [1.82, 2.24) is 4.98 Å². The van der Waals surface area contributed by atoms with Crippen molar-refractivity contribution >= 4 is 16.5 Å². The Balaban J connectivity index is 1.63. The molecule has 3 rings (SSSR count). The third-order valence-electron chi connectivity index (χ3n) is 4.92. The molecule has 1 aromatic carbocycles. The van der Waals surface area contributed by atoms with Gasteiger partial charge in [-0.1, -0.05) is 44.2 Å². The number of aryl methyl sites for hydroxylation is 4. The van der Waals surface area contributed by atoms with Crippen molar-refractivity contribution in [2.45, 2.75) is 58.3 Å². The van der Waals surface area contributed by atoms with Crippen molar-refractivity contribution in [2.75, 3.05) is 11.9 Å². The molecule has 1 aliphatic rings. The predicted octanol–water partition coefficient (Wildman–Crippen LogP) is 5.56. The van der Waals surface area contributed by atoms with Gasteiger partial charge >= 0.3 is 0 Å². The molecule has 128 valence electrons. The van der Waals surface area contributed by atoms with Crippen LogP contribution >= 0.6 is 11.3 Å². The largest absolute Gasteiger partial charge is 0.325 e. The van der Waals surface area contributed by atoms with Gasteiger partial charge < -0.3 is 4.90 Å². The van der Waals surface area contributed by atoms with Gasteiger partial charge in [-0.25, -0.2) is 4.98 Å². The van der Waals surface area contributed by atoms with Crippen LogP contribution in [0, 0.1) is 0 Å². The third kappa shape index (κ3) is 3.89. The predicted molar refractivity (Wildman–Crippen MR) is 105 cm³/mol. The van der Waals surface area contributed by atoms with E-state index in [4.69, 9.17) is 4.98 Å². The number of anilines is 1. The Morgan fingerprint density at radius 2 is 1.88 bits per heavy atom.